The van der Waals surface area contributed by atoms with Crippen molar-refractivity contribution in [2.24, 2.45) is 11.8 Å². The average Bonchev–Trinajstić information content (AvgIpc) is 2.41. The van der Waals surface area contributed by atoms with Crippen LogP contribution in [-0.2, 0) is 4.79 Å². The smallest absolute Gasteiger partial charge is 0.241 e. The molecule has 4 nitrogen and oxygen atoms in total. The standard InChI is InChI=1S/C17H27N3O/c1-12(2)16(20-10-4-5-13(3)11-20)17(21)19-15-8-6-14(18)7-9-15/h6-9,12-13,16H,4-5,10-11,18H2,1-3H3,(H,19,21). The number of hydrogen-bond acceptors (Lipinski definition) is 3. The molecule has 0 saturated carbocycles. The summed E-state index contributed by atoms with van der Waals surface area (Å²) in [6.45, 7) is 8.53. The lowest BCUT2D eigenvalue weighted by Crippen LogP contribution is -2.50. The Balaban J connectivity index is 2.06. The van der Waals surface area contributed by atoms with Gasteiger partial charge in [-0.15, -0.1) is 0 Å². The van der Waals surface area contributed by atoms with E-state index in [0.29, 0.717) is 17.5 Å². The van der Waals surface area contributed by atoms with Crippen molar-refractivity contribution in [3.63, 3.8) is 0 Å². The molecule has 2 rings (SSSR count). The van der Waals surface area contributed by atoms with Crippen LogP contribution in [0.1, 0.15) is 33.6 Å². The zero-order chi connectivity index (χ0) is 15.4. The van der Waals surface area contributed by atoms with E-state index in [-0.39, 0.29) is 11.9 Å². The summed E-state index contributed by atoms with van der Waals surface area (Å²) in [6.07, 6.45) is 2.44. The molecule has 2 atom stereocenters. The van der Waals surface area contributed by atoms with E-state index in [1.165, 1.54) is 12.8 Å². The highest BCUT2D eigenvalue weighted by Gasteiger charge is 2.31. The highest BCUT2D eigenvalue weighted by Crippen LogP contribution is 2.22. The number of nitrogens with one attached hydrogen (secondary N) is 1. The third-order valence-corrected chi connectivity index (χ3v) is 4.16. The van der Waals surface area contributed by atoms with Gasteiger partial charge in [-0.3, -0.25) is 9.69 Å². The van der Waals surface area contributed by atoms with Crippen LogP contribution in [0.2, 0.25) is 0 Å². The number of hydrogen-bond donors (Lipinski definition) is 2. The summed E-state index contributed by atoms with van der Waals surface area (Å²) in [7, 11) is 0. The predicted molar refractivity (Wildman–Crippen MR) is 88.1 cm³/mol. The first-order chi connectivity index (χ1) is 9.97. The van der Waals surface area contributed by atoms with Gasteiger partial charge in [-0.2, -0.15) is 0 Å². The number of nitrogen functional groups attached to an aromatic ring is 1. The number of piperidine rings is 1. The molecule has 1 saturated heterocycles. The zero-order valence-electron chi connectivity index (χ0n) is 13.3. The van der Waals surface area contributed by atoms with Crippen molar-refractivity contribution in [3.8, 4) is 0 Å². The molecule has 0 radical (unpaired) electrons. The van der Waals surface area contributed by atoms with Crippen LogP contribution in [0, 0.1) is 11.8 Å². The summed E-state index contributed by atoms with van der Waals surface area (Å²) < 4.78 is 0. The van der Waals surface area contributed by atoms with Crippen molar-refractivity contribution >= 4 is 17.3 Å². The summed E-state index contributed by atoms with van der Waals surface area (Å²) in [4.78, 5) is 15.0. The van der Waals surface area contributed by atoms with Crippen LogP contribution in [0.4, 0.5) is 11.4 Å². The lowest BCUT2D eigenvalue weighted by molar-refractivity contribution is -0.123. The molecule has 21 heavy (non-hydrogen) atoms. The maximum absolute atomic E-state index is 12.7. The van der Waals surface area contributed by atoms with Gasteiger partial charge >= 0.3 is 0 Å². The third kappa shape index (κ3) is 4.21. The largest absolute Gasteiger partial charge is 0.399 e. The van der Waals surface area contributed by atoms with E-state index in [9.17, 15) is 4.79 Å². The second-order valence-electron chi connectivity index (χ2n) is 6.54. The molecular formula is C17H27N3O. The normalized spacial score (nSPS) is 21.2. The van der Waals surface area contributed by atoms with Gasteiger partial charge in [0.05, 0.1) is 6.04 Å². The first-order valence-electron chi connectivity index (χ1n) is 7.88. The number of rotatable bonds is 4. The fourth-order valence-corrected chi connectivity index (χ4v) is 3.15. The van der Waals surface area contributed by atoms with Crippen molar-refractivity contribution in [1.82, 2.24) is 4.90 Å². The molecule has 1 heterocycles. The van der Waals surface area contributed by atoms with E-state index in [2.05, 4.69) is 31.0 Å². The van der Waals surface area contributed by atoms with Gasteiger partial charge in [0.1, 0.15) is 0 Å². The SMILES string of the molecule is CC1CCCN(C(C(=O)Nc2ccc(N)cc2)C(C)C)C1. The quantitative estimate of drug-likeness (QED) is 0.838. The van der Waals surface area contributed by atoms with E-state index < -0.39 is 0 Å². The fraction of sp³-hybridized carbons (Fsp3) is 0.588. The predicted octanol–water partition coefficient (Wildman–Crippen LogP) is 2.96. The third-order valence-electron chi connectivity index (χ3n) is 4.16. The van der Waals surface area contributed by atoms with Crippen molar-refractivity contribution in [1.29, 1.82) is 0 Å². The van der Waals surface area contributed by atoms with E-state index >= 15 is 0 Å². The van der Waals surface area contributed by atoms with Crippen LogP contribution in [0.15, 0.2) is 24.3 Å². The number of carbonyl (C=O) groups is 1. The van der Waals surface area contributed by atoms with Gasteiger partial charge in [-0.25, -0.2) is 0 Å². The Bertz CT molecular complexity index is 469. The van der Waals surface area contributed by atoms with E-state index in [1.807, 2.05) is 24.3 Å². The van der Waals surface area contributed by atoms with Gasteiger partial charge in [-0.05, 0) is 55.5 Å². The number of anilines is 2. The second kappa shape index (κ2) is 6.94. The molecule has 3 N–H and O–H groups in total. The highest BCUT2D eigenvalue weighted by atomic mass is 16.2. The van der Waals surface area contributed by atoms with Crippen LogP contribution in [0.5, 0.6) is 0 Å². The minimum absolute atomic E-state index is 0.0645. The van der Waals surface area contributed by atoms with Gasteiger partial charge in [0, 0.05) is 17.9 Å². The van der Waals surface area contributed by atoms with Gasteiger partial charge in [0.25, 0.3) is 0 Å². The van der Waals surface area contributed by atoms with Crippen molar-refractivity contribution in [2.75, 3.05) is 24.1 Å². The van der Waals surface area contributed by atoms with Gasteiger partial charge in [0.2, 0.25) is 5.91 Å². The molecular weight excluding hydrogens is 262 g/mol. The Morgan fingerprint density at radius 3 is 2.57 bits per heavy atom. The molecule has 1 fully saturated rings. The summed E-state index contributed by atoms with van der Waals surface area (Å²) in [5.74, 6) is 1.05. The summed E-state index contributed by atoms with van der Waals surface area (Å²) in [5.41, 5.74) is 7.19. The van der Waals surface area contributed by atoms with Crippen molar-refractivity contribution < 1.29 is 4.79 Å². The minimum Gasteiger partial charge on any atom is -0.399 e. The Hall–Kier alpha value is -1.55. The Morgan fingerprint density at radius 1 is 1.33 bits per heavy atom. The van der Waals surface area contributed by atoms with Crippen LogP contribution in [-0.4, -0.2) is 29.9 Å². The Kier molecular flexibility index (Phi) is 5.23. The van der Waals surface area contributed by atoms with Crippen molar-refractivity contribution in [3.05, 3.63) is 24.3 Å². The average molecular weight is 289 g/mol. The van der Waals surface area contributed by atoms with Gasteiger partial charge in [-0.1, -0.05) is 20.8 Å². The summed E-state index contributed by atoms with van der Waals surface area (Å²) >= 11 is 0. The number of nitrogens with zero attached hydrogens (tertiary/aromatic N) is 1. The maximum atomic E-state index is 12.7. The molecule has 116 valence electrons. The monoisotopic (exact) mass is 289 g/mol. The maximum Gasteiger partial charge on any atom is 0.241 e. The van der Waals surface area contributed by atoms with Crippen LogP contribution >= 0.6 is 0 Å². The molecule has 1 amide bonds. The molecule has 1 aromatic rings. The highest BCUT2D eigenvalue weighted by molar-refractivity contribution is 5.95. The van der Waals surface area contributed by atoms with E-state index in [0.717, 1.165) is 18.8 Å². The zero-order valence-corrected chi connectivity index (χ0v) is 13.3. The molecule has 0 spiro atoms. The van der Waals surface area contributed by atoms with E-state index in [1.54, 1.807) is 0 Å². The molecule has 4 heteroatoms. The molecule has 0 aliphatic carbocycles. The Labute approximate surface area is 127 Å². The first kappa shape index (κ1) is 15.8. The Morgan fingerprint density at radius 2 is 2.00 bits per heavy atom. The summed E-state index contributed by atoms with van der Waals surface area (Å²) in [5, 5.41) is 3.03. The first-order valence-corrected chi connectivity index (χ1v) is 7.88. The van der Waals surface area contributed by atoms with Gasteiger partial charge < -0.3 is 11.1 Å². The lowest BCUT2D eigenvalue weighted by Gasteiger charge is -2.38. The second-order valence-corrected chi connectivity index (χ2v) is 6.54. The van der Waals surface area contributed by atoms with E-state index in [4.69, 9.17) is 5.73 Å². The number of likely N-dealkylation sites (tertiary alicyclic amines) is 1. The van der Waals surface area contributed by atoms with Crippen LogP contribution in [0.25, 0.3) is 0 Å². The van der Waals surface area contributed by atoms with Gasteiger partial charge in [0.15, 0.2) is 0 Å². The molecule has 1 aliphatic rings. The number of amides is 1. The molecule has 1 aromatic carbocycles. The molecule has 0 bridgehead atoms. The minimum atomic E-state index is -0.0645. The van der Waals surface area contributed by atoms with Crippen molar-refractivity contribution in [2.45, 2.75) is 39.7 Å². The molecule has 0 aromatic heterocycles. The summed E-state index contributed by atoms with van der Waals surface area (Å²) in [6, 6.07) is 7.25. The van der Waals surface area contributed by atoms with Crippen LogP contribution < -0.4 is 11.1 Å². The number of benzene rings is 1. The number of carbonyl (C=O) groups excluding carboxylic acids is 1. The number of nitrogens with two attached hydrogens (primary N) is 1. The topological polar surface area (TPSA) is 58.4 Å². The molecule has 1 aliphatic heterocycles. The lowest BCUT2D eigenvalue weighted by atomic mass is 9.94. The van der Waals surface area contributed by atoms with Crippen LogP contribution in [0.3, 0.4) is 0 Å². The molecule has 2 unspecified atom stereocenters. The fourth-order valence-electron chi connectivity index (χ4n) is 3.15.